The van der Waals surface area contributed by atoms with Crippen molar-refractivity contribution in [2.45, 2.75) is 53.4 Å². The van der Waals surface area contributed by atoms with Crippen molar-refractivity contribution < 1.29 is 33.5 Å². The lowest BCUT2D eigenvalue weighted by Crippen LogP contribution is -2.04. The van der Waals surface area contributed by atoms with Gasteiger partial charge in [0.1, 0.15) is 0 Å². The van der Waals surface area contributed by atoms with Gasteiger partial charge in [-0.3, -0.25) is 19.7 Å². The van der Waals surface area contributed by atoms with E-state index >= 15 is 0 Å². The van der Waals surface area contributed by atoms with Crippen LogP contribution in [0.4, 0.5) is 5.69 Å². The number of unbranched alkanes of at least 4 members (excludes halogenated alkanes) is 2. The van der Waals surface area contributed by atoms with Gasteiger partial charge in [0.05, 0.1) is 44.0 Å². The Morgan fingerprint density at radius 3 is 1.80 bits per heavy atom. The summed E-state index contributed by atoms with van der Waals surface area (Å²) >= 11 is 0. The lowest BCUT2D eigenvalue weighted by Gasteiger charge is -2.11. The number of nitro groups is 1. The number of nitrogens with zero attached hydrogens (tertiary/aromatic N) is 1. The molecule has 35 heavy (non-hydrogen) atoms. The topological polar surface area (TPSA) is 114 Å². The molecule has 0 saturated carbocycles. The third-order valence-electron chi connectivity index (χ3n) is 4.94. The predicted molar refractivity (Wildman–Crippen MR) is 133 cm³/mol. The first kappa shape index (κ1) is 29.4. The summed E-state index contributed by atoms with van der Waals surface area (Å²) < 4.78 is 21.3. The molecular weight excluding hydrogens is 454 g/mol. The number of Topliss-reactive ketones (excluding diaryl/α,β-unsaturated/α-hetero) is 2. The van der Waals surface area contributed by atoms with Crippen molar-refractivity contribution in [2.75, 3.05) is 27.4 Å². The monoisotopic (exact) mass is 489 g/mol. The second-order valence-electron chi connectivity index (χ2n) is 7.66. The summed E-state index contributed by atoms with van der Waals surface area (Å²) in [6.45, 7) is 8.06. The summed E-state index contributed by atoms with van der Waals surface area (Å²) in [5, 5.41) is 11.0. The minimum absolute atomic E-state index is 0.0182. The molecule has 2 rings (SSSR count). The van der Waals surface area contributed by atoms with Crippen molar-refractivity contribution in [3.63, 3.8) is 0 Å². The summed E-state index contributed by atoms with van der Waals surface area (Å²) in [7, 11) is 3.00. The minimum atomic E-state index is -0.594. The minimum Gasteiger partial charge on any atom is -0.493 e. The normalized spacial score (nSPS) is 10.0. The number of hydrogen-bond donors (Lipinski definition) is 0. The van der Waals surface area contributed by atoms with E-state index < -0.39 is 4.92 Å². The van der Waals surface area contributed by atoms with E-state index in [2.05, 4.69) is 6.92 Å². The molecule has 0 radical (unpaired) electrons. The van der Waals surface area contributed by atoms with Crippen LogP contribution in [0.2, 0.25) is 0 Å². The molecule has 192 valence electrons. The summed E-state index contributed by atoms with van der Waals surface area (Å²) in [4.78, 5) is 33.0. The molecule has 0 spiro atoms. The Bertz CT molecular complexity index is 1000. The Balaban J connectivity index is 0.000000355. The number of carbonyl (C=O) groups excluding carboxylic acids is 2. The fraction of sp³-hybridized carbons (Fsp3) is 0.462. The van der Waals surface area contributed by atoms with E-state index in [1.807, 2.05) is 6.92 Å². The first-order valence-corrected chi connectivity index (χ1v) is 11.5. The molecule has 0 aliphatic carbocycles. The van der Waals surface area contributed by atoms with Gasteiger partial charge in [-0.2, -0.15) is 0 Å². The quantitative estimate of drug-likeness (QED) is 0.144. The molecular formula is C26H35NO8. The molecule has 0 N–H and O–H groups in total. The molecule has 2 aromatic carbocycles. The number of methoxy groups -OCH3 is 2. The molecule has 0 saturated heterocycles. The zero-order chi connectivity index (χ0) is 26.4. The maximum atomic E-state index is 11.4. The number of rotatable bonds is 13. The Hall–Kier alpha value is -3.62. The van der Waals surface area contributed by atoms with Crippen LogP contribution in [0.15, 0.2) is 30.3 Å². The van der Waals surface area contributed by atoms with Gasteiger partial charge in [0.25, 0.3) is 5.69 Å². The number of nitro benzene ring substituents is 1. The van der Waals surface area contributed by atoms with Gasteiger partial charge in [-0.25, -0.2) is 0 Å². The highest BCUT2D eigenvalue weighted by Gasteiger charge is 2.22. The number of hydrogen-bond acceptors (Lipinski definition) is 8. The maximum absolute atomic E-state index is 11.4. The Kier molecular flexibility index (Phi) is 12.9. The molecule has 0 aromatic heterocycles. The van der Waals surface area contributed by atoms with Gasteiger partial charge in [0, 0.05) is 11.6 Å². The second kappa shape index (κ2) is 15.3. The lowest BCUT2D eigenvalue weighted by atomic mass is 10.1. The smallest absolute Gasteiger partial charge is 0.284 e. The standard InChI is InChI=1S/C13H17NO5.C13H18O3/c1-4-5-6-19-13-8-11(14(16)17)10(9(2)15)7-12(13)18-3;1-4-5-8-16-12-7-6-11(10(2)14)9-13(12)15-3/h7-8H,4-6H2,1-3H3;6-7,9H,4-5,8H2,1-3H3. The van der Waals surface area contributed by atoms with Crippen LogP contribution >= 0.6 is 0 Å². The molecule has 9 nitrogen and oxygen atoms in total. The molecule has 0 aliphatic rings. The summed E-state index contributed by atoms with van der Waals surface area (Å²) in [5.41, 5.74) is 0.393. The molecule has 2 aromatic rings. The van der Waals surface area contributed by atoms with Crippen molar-refractivity contribution in [1.82, 2.24) is 0 Å². The van der Waals surface area contributed by atoms with Crippen LogP contribution in [-0.2, 0) is 0 Å². The maximum Gasteiger partial charge on any atom is 0.284 e. The summed E-state index contributed by atoms with van der Waals surface area (Å²) in [6, 6.07) is 7.84. The van der Waals surface area contributed by atoms with Gasteiger partial charge in [-0.15, -0.1) is 0 Å². The third-order valence-corrected chi connectivity index (χ3v) is 4.94. The van der Waals surface area contributed by atoms with E-state index in [-0.39, 0.29) is 28.6 Å². The highest BCUT2D eigenvalue weighted by atomic mass is 16.6. The average Bonchev–Trinajstić information content (AvgIpc) is 2.84. The van der Waals surface area contributed by atoms with Crippen LogP contribution in [0.3, 0.4) is 0 Å². The zero-order valence-corrected chi connectivity index (χ0v) is 21.3. The van der Waals surface area contributed by atoms with Gasteiger partial charge in [-0.05, 0) is 44.9 Å². The Morgan fingerprint density at radius 1 is 0.800 bits per heavy atom. The van der Waals surface area contributed by atoms with Crippen molar-refractivity contribution in [3.8, 4) is 23.0 Å². The van der Waals surface area contributed by atoms with Gasteiger partial charge >= 0.3 is 0 Å². The van der Waals surface area contributed by atoms with E-state index in [1.165, 1.54) is 33.1 Å². The second-order valence-corrected chi connectivity index (χ2v) is 7.66. The number of benzene rings is 2. The zero-order valence-electron chi connectivity index (χ0n) is 21.3. The third kappa shape index (κ3) is 9.27. The van der Waals surface area contributed by atoms with Crippen molar-refractivity contribution in [1.29, 1.82) is 0 Å². The van der Waals surface area contributed by atoms with Crippen molar-refractivity contribution in [2.24, 2.45) is 0 Å². The lowest BCUT2D eigenvalue weighted by molar-refractivity contribution is -0.385. The molecule has 0 atom stereocenters. The van der Waals surface area contributed by atoms with Gasteiger partial charge in [-0.1, -0.05) is 26.7 Å². The SMILES string of the molecule is CCCCOc1cc([N+](=O)[O-])c(C(C)=O)cc1OC.CCCCOc1ccc(C(C)=O)cc1OC. The first-order chi connectivity index (χ1) is 16.7. The van der Waals surface area contributed by atoms with Crippen LogP contribution in [0.5, 0.6) is 23.0 Å². The molecule has 0 heterocycles. The van der Waals surface area contributed by atoms with Gasteiger partial charge in [0.2, 0.25) is 0 Å². The first-order valence-electron chi connectivity index (χ1n) is 11.5. The summed E-state index contributed by atoms with van der Waals surface area (Å²) in [5.74, 6) is 1.56. The van der Waals surface area contributed by atoms with Crippen molar-refractivity contribution in [3.05, 3.63) is 51.6 Å². The van der Waals surface area contributed by atoms with E-state index in [4.69, 9.17) is 18.9 Å². The molecule has 0 aliphatic heterocycles. The van der Waals surface area contributed by atoms with Gasteiger partial charge in [0.15, 0.2) is 34.6 Å². The van der Waals surface area contributed by atoms with Crippen LogP contribution in [0.1, 0.15) is 74.1 Å². The van der Waals surface area contributed by atoms with Crippen LogP contribution < -0.4 is 18.9 Å². The fourth-order valence-electron chi connectivity index (χ4n) is 2.91. The average molecular weight is 490 g/mol. The number of carbonyl (C=O) groups is 2. The molecule has 0 amide bonds. The van der Waals surface area contributed by atoms with E-state index in [0.29, 0.717) is 36.0 Å². The van der Waals surface area contributed by atoms with Crippen LogP contribution in [-0.4, -0.2) is 43.9 Å². The van der Waals surface area contributed by atoms with E-state index in [1.54, 1.807) is 25.3 Å². The number of ketones is 2. The highest BCUT2D eigenvalue weighted by molar-refractivity contribution is 5.99. The molecule has 0 bridgehead atoms. The molecule has 0 unspecified atom stereocenters. The number of ether oxygens (including phenoxy) is 4. The van der Waals surface area contributed by atoms with E-state index in [0.717, 1.165) is 25.7 Å². The predicted octanol–water partition coefficient (Wildman–Crippen LogP) is 6.06. The highest BCUT2D eigenvalue weighted by Crippen LogP contribution is 2.35. The molecule has 9 heteroatoms. The summed E-state index contributed by atoms with van der Waals surface area (Å²) in [6.07, 6.45) is 3.90. The Labute approximate surface area is 206 Å². The Morgan fingerprint density at radius 2 is 1.34 bits per heavy atom. The molecule has 0 fully saturated rings. The largest absolute Gasteiger partial charge is 0.493 e. The fourth-order valence-corrected chi connectivity index (χ4v) is 2.91. The van der Waals surface area contributed by atoms with Crippen molar-refractivity contribution >= 4 is 17.3 Å². The van der Waals surface area contributed by atoms with Gasteiger partial charge < -0.3 is 18.9 Å². The van der Waals surface area contributed by atoms with Crippen LogP contribution in [0, 0.1) is 10.1 Å². The van der Waals surface area contributed by atoms with E-state index in [9.17, 15) is 19.7 Å². The van der Waals surface area contributed by atoms with Crippen LogP contribution in [0.25, 0.3) is 0 Å².